The molecule has 122 valence electrons. The average Bonchev–Trinajstić information content (AvgIpc) is 2.86. The summed E-state index contributed by atoms with van der Waals surface area (Å²) < 4.78 is 5.36. The van der Waals surface area contributed by atoms with Gasteiger partial charge in [-0.1, -0.05) is 0 Å². The zero-order valence-corrected chi connectivity index (χ0v) is 14.1. The summed E-state index contributed by atoms with van der Waals surface area (Å²) in [5.41, 5.74) is -0.486. The molecule has 1 fully saturated rings. The molecular formula is C16H23NO4S. The van der Waals surface area contributed by atoms with Crippen LogP contribution in [-0.2, 0) is 16.1 Å². The van der Waals surface area contributed by atoms with Crippen molar-refractivity contribution in [1.82, 2.24) is 4.90 Å². The van der Waals surface area contributed by atoms with Crippen LogP contribution in [0.4, 0.5) is 0 Å². The van der Waals surface area contributed by atoms with E-state index in [4.69, 9.17) is 9.84 Å². The molecule has 2 heterocycles. The summed E-state index contributed by atoms with van der Waals surface area (Å²) in [6.07, 6.45) is 1.39. The SMILES string of the molecule is CC(C)(C)OC(=O)c1ccc(CN2CCC(C(=O)O)CC2)s1. The van der Waals surface area contributed by atoms with E-state index in [0.717, 1.165) is 24.5 Å². The third kappa shape index (κ3) is 4.81. The number of esters is 1. The zero-order chi connectivity index (χ0) is 16.3. The molecule has 2 rings (SSSR count). The van der Waals surface area contributed by atoms with Crippen LogP contribution in [0.3, 0.4) is 0 Å². The van der Waals surface area contributed by atoms with Crippen molar-refractivity contribution in [2.45, 2.75) is 45.8 Å². The second-order valence-electron chi connectivity index (χ2n) is 6.66. The number of carbonyl (C=O) groups excluding carboxylic acids is 1. The highest BCUT2D eigenvalue weighted by Gasteiger charge is 2.25. The van der Waals surface area contributed by atoms with Crippen LogP contribution in [0, 0.1) is 5.92 Å². The summed E-state index contributed by atoms with van der Waals surface area (Å²) in [6.45, 7) is 7.90. The van der Waals surface area contributed by atoms with Crippen LogP contribution in [0.5, 0.6) is 0 Å². The number of likely N-dealkylation sites (tertiary alicyclic amines) is 1. The fourth-order valence-corrected chi connectivity index (χ4v) is 3.39. The fraction of sp³-hybridized carbons (Fsp3) is 0.625. The maximum absolute atomic E-state index is 12.0. The standard InChI is InChI=1S/C16H23NO4S/c1-16(2,3)21-15(20)13-5-4-12(22-13)10-17-8-6-11(7-9-17)14(18)19/h4-5,11H,6-10H2,1-3H3,(H,18,19). The smallest absolute Gasteiger partial charge is 0.348 e. The summed E-state index contributed by atoms with van der Waals surface area (Å²) in [5.74, 6) is -1.19. The van der Waals surface area contributed by atoms with Gasteiger partial charge in [-0.15, -0.1) is 11.3 Å². The molecule has 0 spiro atoms. The van der Waals surface area contributed by atoms with Crippen LogP contribution >= 0.6 is 11.3 Å². The van der Waals surface area contributed by atoms with Gasteiger partial charge < -0.3 is 9.84 Å². The van der Waals surface area contributed by atoms with Gasteiger partial charge in [0.2, 0.25) is 0 Å². The van der Waals surface area contributed by atoms with Crippen LogP contribution in [0.2, 0.25) is 0 Å². The Morgan fingerprint density at radius 3 is 2.50 bits per heavy atom. The van der Waals surface area contributed by atoms with Crippen LogP contribution < -0.4 is 0 Å². The maximum Gasteiger partial charge on any atom is 0.348 e. The molecule has 0 amide bonds. The first kappa shape index (κ1) is 17.0. The van der Waals surface area contributed by atoms with Crippen molar-refractivity contribution in [2.24, 2.45) is 5.92 Å². The lowest BCUT2D eigenvalue weighted by Crippen LogP contribution is -2.35. The molecule has 0 bridgehead atoms. The molecule has 1 N–H and O–H groups in total. The lowest BCUT2D eigenvalue weighted by Gasteiger charge is -2.29. The van der Waals surface area contributed by atoms with Crippen LogP contribution in [-0.4, -0.2) is 40.6 Å². The molecule has 1 saturated heterocycles. The van der Waals surface area contributed by atoms with E-state index in [-0.39, 0.29) is 11.9 Å². The molecular weight excluding hydrogens is 302 g/mol. The number of ether oxygens (including phenoxy) is 1. The Kier molecular flexibility index (Phi) is 5.24. The minimum Gasteiger partial charge on any atom is -0.481 e. The van der Waals surface area contributed by atoms with Crippen molar-refractivity contribution in [2.75, 3.05) is 13.1 Å². The Balaban J connectivity index is 1.88. The molecule has 0 unspecified atom stereocenters. The van der Waals surface area contributed by atoms with Gasteiger partial charge in [0.05, 0.1) is 5.92 Å². The van der Waals surface area contributed by atoms with Gasteiger partial charge in [0, 0.05) is 11.4 Å². The van der Waals surface area contributed by atoms with Crippen LogP contribution in [0.15, 0.2) is 12.1 Å². The van der Waals surface area contributed by atoms with Crippen molar-refractivity contribution < 1.29 is 19.4 Å². The van der Waals surface area contributed by atoms with E-state index in [0.29, 0.717) is 17.7 Å². The second kappa shape index (κ2) is 6.79. The number of nitrogens with zero attached hydrogens (tertiary/aromatic N) is 1. The molecule has 5 nitrogen and oxygen atoms in total. The van der Waals surface area contributed by atoms with E-state index in [9.17, 15) is 9.59 Å². The van der Waals surface area contributed by atoms with Crippen molar-refractivity contribution in [3.63, 3.8) is 0 Å². The molecule has 1 aromatic rings. The van der Waals surface area contributed by atoms with E-state index in [1.165, 1.54) is 11.3 Å². The highest BCUT2D eigenvalue weighted by atomic mass is 32.1. The van der Waals surface area contributed by atoms with Crippen molar-refractivity contribution in [3.05, 3.63) is 21.9 Å². The Labute approximate surface area is 134 Å². The summed E-state index contributed by atoms with van der Waals surface area (Å²) >= 11 is 1.45. The van der Waals surface area contributed by atoms with E-state index in [1.807, 2.05) is 26.8 Å². The number of rotatable bonds is 4. The topological polar surface area (TPSA) is 66.8 Å². The summed E-state index contributed by atoms with van der Waals surface area (Å²) in [5, 5.41) is 9.00. The fourth-order valence-electron chi connectivity index (χ4n) is 2.46. The van der Waals surface area contributed by atoms with Gasteiger partial charge in [-0.25, -0.2) is 4.79 Å². The molecule has 0 aromatic carbocycles. The summed E-state index contributed by atoms with van der Waals surface area (Å²) in [6, 6.07) is 3.76. The lowest BCUT2D eigenvalue weighted by atomic mass is 9.97. The second-order valence-corrected chi connectivity index (χ2v) is 7.82. The van der Waals surface area contributed by atoms with E-state index in [2.05, 4.69) is 4.90 Å². The number of carboxylic acids is 1. The van der Waals surface area contributed by atoms with Crippen molar-refractivity contribution >= 4 is 23.3 Å². The summed E-state index contributed by atoms with van der Waals surface area (Å²) in [7, 11) is 0. The minimum atomic E-state index is -0.692. The van der Waals surface area contributed by atoms with Gasteiger partial charge in [-0.3, -0.25) is 9.69 Å². The predicted molar refractivity (Wildman–Crippen MR) is 85.1 cm³/mol. The van der Waals surface area contributed by atoms with Gasteiger partial charge in [-0.05, 0) is 58.8 Å². The normalized spacial score (nSPS) is 17.4. The van der Waals surface area contributed by atoms with Crippen LogP contribution in [0.1, 0.15) is 48.2 Å². The van der Waals surface area contributed by atoms with Gasteiger partial charge in [0.1, 0.15) is 10.5 Å². The zero-order valence-electron chi connectivity index (χ0n) is 13.3. The Morgan fingerprint density at radius 1 is 1.32 bits per heavy atom. The van der Waals surface area contributed by atoms with Gasteiger partial charge in [0.25, 0.3) is 0 Å². The van der Waals surface area contributed by atoms with Gasteiger partial charge in [-0.2, -0.15) is 0 Å². The minimum absolute atomic E-state index is 0.211. The highest BCUT2D eigenvalue weighted by Crippen LogP contribution is 2.24. The monoisotopic (exact) mass is 325 g/mol. The molecule has 0 aliphatic carbocycles. The number of piperidine rings is 1. The molecule has 0 radical (unpaired) electrons. The molecule has 1 aliphatic rings. The van der Waals surface area contributed by atoms with E-state index in [1.54, 1.807) is 6.07 Å². The Morgan fingerprint density at radius 2 is 1.95 bits per heavy atom. The number of carbonyl (C=O) groups is 2. The predicted octanol–water partition coefficient (Wildman–Crippen LogP) is 3.00. The van der Waals surface area contributed by atoms with E-state index >= 15 is 0 Å². The molecule has 6 heteroatoms. The molecule has 1 aliphatic heterocycles. The number of hydrogen-bond acceptors (Lipinski definition) is 5. The Bertz CT molecular complexity index is 539. The third-order valence-corrected chi connectivity index (χ3v) is 4.63. The van der Waals surface area contributed by atoms with Crippen molar-refractivity contribution in [3.8, 4) is 0 Å². The first-order chi connectivity index (χ1) is 10.2. The quantitative estimate of drug-likeness (QED) is 0.862. The number of aliphatic carboxylic acids is 1. The summed E-state index contributed by atoms with van der Waals surface area (Å²) in [4.78, 5) is 26.9. The van der Waals surface area contributed by atoms with Crippen LogP contribution in [0.25, 0.3) is 0 Å². The highest BCUT2D eigenvalue weighted by molar-refractivity contribution is 7.13. The number of thiophene rings is 1. The average molecular weight is 325 g/mol. The third-order valence-electron chi connectivity index (χ3n) is 3.58. The first-order valence-corrected chi connectivity index (χ1v) is 8.33. The first-order valence-electron chi connectivity index (χ1n) is 7.52. The number of carboxylic acid groups (broad SMARTS) is 1. The molecule has 0 saturated carbocycles. The maximum atomic E-state index is 12.0. The van der Waals surface area contributed by atoms with Gasteiger partial charge in [0.15, 0.2) is 0 Å². The lowest BCUT2D eigenvalue weighted by molar-refractivity contribution is -0.143. The number of hydrogen-bond donors (Lipinski definition) is 1. The van der Waals surface area contributed by atoms with Gasteiger partial charge >= 0.3 is 11.9 Å². The molecule has 22 heavy (non-hydrogen) atoms. The molecule has 1 aromatic heterocycles. The largest absolute Gasteiger partial charge is 0.481 e. The molecule has 0 atom stereocenters. The Hall–Kier alpha value is -1.40. The van der Waals surface area contributed by atoms with Crippen molar-refractivity contribution in [1.29, 1.82) is 0 Å². The van der Waals surface area contributed by atoms with E-state index < -0.39 is 11.6 Å².